The van der Waals surface area contributed by atoms with Crippen molar-refractivity contribution in [2.24, 2.45) is 0 Å². The third-order valence-electron chi connectivity index (χ3n) is 3.50. The first-order chi connectivity index (χ1) is 13.6. The maximum atomic E-state index is 13.2. The molecule has 136 valence electrons. The number of benzene rings is 2. The van der Waals surface area contributed by atoms with Crippen molar-refractivity contribution in [3.8, 4) is 23.5 Å². The third kappa shape index (κ3) is 4.03. The average molecular weight is 376 g/mol. The highest BCUT2D eigenvalue weighted by Crippen LogP contribution is 2.14. The number of hydrogen-bond acceptors (Lipinski definition) is 6. The van der Waals surface area contributed by atoms with E-state index in [1.165, 1.54) is 65.0 Å². The summed E-state index contributed by atoms with van der Waals surface area (Å²) in [4.78, 5) is 7.46. The molecule has 2 aromatic carbocycles. The quantitative estimate of drug-likeness (QED) is 0.532. The van der Waals surface area contributed by atoms with E-state index in [2.05, 4.69) is 20.2 Å². The van der Waals surface area contributed by atoms with Gasteiger partial charge >= 0.3 is 0 Å². The molecule has 2 aromatic heterocycles. The summed E-state index contributed by atoms with van der Waals surface area (Å²) >= 11 is 0. The first-order valence-corrected chi connectivity index (χ1v) is 7.71. The van der Waals surface area contributed by atoms with E-state index in [9.17, 15) is 8.78 Å². The first kappa shape index (κ1) is 18.4. The number of halogens is 2. The summed E-state index contributed by atoms with van der Waals surface area (Å²) in [6.07, 6.45) is 5.55. The molecule has 4 rings (SSSR count). The summed E-state index contributed by atoms with van der Waals surface area (Å²) in [5.41, 5.74) is 1.31. The zero-order valence-electron chi connectivity index (χ0n) is 14.1. The van der Waals surface area contributed by atoms with Gasteiger partial charge in [-0.15, -0.1) is 0 Å². The summed E-state index contributed by atoms with van der Waals surface area (Å²) in [5, 5.41) is 25.0. The molecule has 0 unspecified atom stereocenters. The third-order valence-corrected chi connectivity index (χ3v) is 3.50. The molecule has 0 atom stereocenters. The lowest BCUT2D eigenvalue weighted by Crippen LogP contribution is -1.98. The number of nitrogens with zero attached hydrogens (tertiary/aromatic N) is 8. The summed E-state index contributed by atoms with van der Waals surface area (Å²) in [5.74, 6) is -0.963. The molecule has 0 spiro atoms. The van der Waals surface area contributed by atoms with Crippen LogP contribution in [0.15, 0.2) is 61.7 Å². The molecule has 10 heteroatoms. The molecule has 0 N–H and O–H groups in total. The number of nitriles is 2. The van der Waals surface area contributed by atoms with E-state index >= 15 is 0 Å². The number of rotatable bonds is 2. The van der Waals surface area contributed by atoms with Gasteiger partial charge in [0.1, 0.15) is 49.1 Å². The van der Waals surface area contributed by atoms with Crippen LogP contribution in [0, 0.1) is 34.3 Å². The maximum Gasteiger partial charge on any atom is 0.143 e. The Morgan fingerprint density at radius 1 is 0.786 bits per heavy atom. The van der Waals surface area contributed by atoms with Gasteiger partial charge in [0.05, 0.1) is 22.5 Å². The molecule has 0 saturated heterocycles. The number of aromatic nitrogens is 6. The number of hydrogen-bond donors (Lipinski definition) is 0. The van der Waals surface area contributed by atoms with Gasteiger partial charge < -0.3 is 0 Å². The fourth-order valence-corrected chi connectivity index (χ4v) is 2.20. The normalized spacial score (nSPS) is 9.71. The zero-order chi connectivity index (χ0) is 19.9. The molecular formula is C18H10F2N8. The van der Waals surface area contributed by atoms with E-state index in [1.807, 2.05) is 6.07 Å². The molecule has 8 nitrogen and oxygen atoms in total. The highest BCUT2D eigenvalue weighted by atomic mass is 19.1. The van der Waals surface area contributed by atoms with Gasteiger partial charge in [0.15, 0.2) is 0 Å². The molecule has 0 amide bonds. The van der Waals surface area contributed by atoms with Crippen LogP contribution in [-0.4, -0.2) is 29.5 Å². The van der Waals surface area contributed by atoms with E-state index in [0.717, 1.165) is 0 Å². The smallest absolute Gasteiger partial charge is 0.143 e. The molecule has 0 saturated carbocycles. The van der Waals surface area contributed by atoms with Crippen molar-refractivity contribution in [2.45, 2.75) is 0 Å². The van der Waals surface area contributed by atoms with Gasteiger partial charge in [-0.2, -0.15) is 20.7 Å². The molecule has 2 heterocycles. The van der Waals surface area contributed by atoms with Gasteiger partial charge in [0.2, 0.25) is 0 Å². The molecule has 28 heavy (non-hydrogen) atoms. The fourth-order valence-electron chi connectivity index (χ4n) is 2.20. The second kappa shape index (κ2) is 8.29. The lowest BCUT2D eigenvalue weighted by Gasteiger charge is -2.02. The maximum absolute atomic E-state index is 13.2. The topological polar surface area (TPSA) is 109 Å². The van der Waals surface area contributed by atoms with E-state index < -0.39 is 11.6 Å². The van der Waals surface area contributed by atoms with Crippen molar-refractivity contribution >= 4 is 0 Å². The highest BCUT2D eigenvalue weighted by Gasteiger charge is 2.06. The monoisotopic (exact) mass is 376 g/mol. The molecule has 0 aliphatic heterocycles. The molecule has 0 fully saturated rings. The predicted molar refractivity (Wildman–Crippen MR) is 92.1 cm³/mol. The van der Waals surface area contributed by atoms with E-state index in [1.54, 1.807) is 12.1 Å². The van der Waals surface area contributed by atoms with E-state index in [0.29, 0.717) is 16.9 Å². The Kier molecular flexibility index (Phi) is 5.44. The van der Waals surface area contributed by atoms with Crippen molar-refractivity contribution < 1.29 is 8.78 Å². The van der Waals surface area contributed by atoms with Crippen LogP contribution in [0.1, 0.15) is 11.1 Å². The first-order valence-electron chi connectivity index (χ1n) is 7.71. The van der Waals surface area contributed by atoms with Crippen molar-refractivity contribution in [3.05, 3.63) is 84.5 Å². The molecule has 0 aliphatic rings. The second-order valence-electron chi connectivity index (χ2n) is 5.23. The van der Waals surface area contributed by atoms with Gasteiger partial charge in [-0.1, -0.05) is 0 Å². The molecule has 4 aromatic rings. The van der Waals surface area contributed by atoms with Crippen molar-refractivity contribution in [3.63, 3.8) is 0 Å². The zero-order valence-corrected chi connectivity index (χ0v) is 14.1. The fraction of sp³-hybridized carbons (Fsp3) is 0. The Hall–Kier alpha value is -4.44. The highest BCUT2D eigenvalue weighted by molar-refractivity contribution is 5.48. The summed E-state index contributed by atoms with van der Waals surface area (Å²) in [7, 11) is 0. The molecule has 0 bridgehead atoms. The minimum atomic E-state index is -0.555. The Bertz CT molecular complexity index is 1160. The van der Waals surface area contributed by atoms with E-state index in [-0.39, 0.29) is 5.56 Å². The Morgan fingerprint density at radius 2 is 1.43 bits per heavy atom. The molecular weight excluding hydrogens is 366 g/mol. The Balaban J connectivity index is 0.000000161. The SMILES string of the molecule is N#Cc1ccc(-n2cncn2)cc1F.N#Cc1ccc(F)cc1-n1cncn1. The Labute approximate surface area is 157 Å². The van der Waals surface area contributed by atoms with Crippen molar-refractivity contribution in [1.29, 1.82) is 10.5 Å². The Morgan fingerprint density at radius 3 is 2.00 bits per heavy atom. The van der Waals surface area contributed by atoms with Crippen LogP contribution in [0.2, 0.25) is 0 Å². The van der Waals surface area contributed by atoms with Gasteiger partial charge in [-0.3, -0.25) is 0 Å². The van der Waals surface area contributed by atoms with E-state index in [4.69, 9.17) is 10.5 Å². The summed E-state index contributed by atoms with van der Waals surface area (Å²) < 4.78 is 28.8. The van der Waals surface area contributed by atoms with Crippen LogP contribution in [0.25, 0.3) is 11.4 Å². The second-order valence-corrected chi connectivity index (χ2v) is 5.23. The minimum Gasteiger partial charge on any atom is -0.223 e. The van der Waals surface area contributed by atoms with Gasteiger partial charge in [-0.05, 0) is 24.3 Å². The van der Waals surface area contributed by atoms with Crippen molar-refractivity contribution in [1.82, 2.24) is 29.5 Å². The minimum absolute atomic E-state index is 0.0221. The van der Waals surface area contributed by atoms with Gasteiger partial charge in [-0.25, -0.2) is 28.1 Å². The largest absolute Gasteiger partial charge is 0.223 e. The van der Waals surface area contributed by atoms with Crippen LogP contribution in [0.3, 0.4) is 0 Å². The van der Waals surface area contributed by atoms with Gasteiger partial charge in [0.25, 0.3) is 0 Å². The van der Waals surface area contributed by atoms with Crippen LogP contribution in [-0.2, 0) is 0 Å². The standard InChI is InChI=1S/2C9H5FN4/c10-9-3-8(2-1-7(9)4-11)14-6-12-5-13-14;10-8-2-1-7(4-11)9(3-8)14-6-12-5-13-14/h2*1-3,5-6H. The lowest BCUT2D eigenvalue weighted by molar-refractivity contribution is 0.621. The van der Waals surface area contributed by atoms with Crippen molar-refractivity contribution in [2.75, 3.05) is 0 Å². The predicted octanol–water partition coefficient (Wildman–Crippen LogP) is 2.56. The molecule has 0 radical (unpaired) electrons. The lowest BCUT2D eigenvalue weighted by atomic mass is 10.2. The van der Waals surface area contributed by atoms with Crippen LogP contribution < -0.4 is 0 Å². The van der Waals surface area contributed by atoms with Crippen LogP contribution in [0.4, 0.5) is 8.78 Å². The summed E-state index contributed by atoms with van der Waals surface area (Å²) in [6.45, 7) is 0. The van der Waals surface area contributed by atoms with Crippen LogP contribution in [0.5, 0.6) is 0 Å². The van der Waals surface area contributed by atoms with Crippen LogP contribution >= 0.6 is 0 Å². The summed E-state index contributed by atoms with van der Waals surface area (Å²) in [6, 6.07) is 11.9. The molecule has 0 aliphatic carbocycles. The average Bonchev–Trinajstić information content (AvgIpc) is 3.42. The van der Waals surface area contributed by atoms with Gasteiger partial charge in [0, 0.05) is 12.1 Å².